The lowest BCUT2D eigenvalue weighted by atomic mass is 10.2. The van der Waals surface area contributed by atoms with Crippen molar-refractivity contribution in [3.63, 3.8) is 0 Å². The fourth-order valence-corrected chi connectivity index (χ4v) is 2.80. The zero-order valence-electron chi connectivity index (χ0n) is 13.5. The lowest BCUT2D eigenvalue weighted by molar-refractivity contribution is 0.0523. The topological polar surface area (TPSA) is 71.9 Å². The van der Waals surface area contributed by atoms with Gasteiger partial charge in [0, 0.05) is 37.9 Å². The molecule has 0 aromatic carbocycles. The predicted octanol–water partition coefficient (Wildman–Crippen LogP) is 1.47. The Kier molecular flexibility index (Phi) is 4.42. The van der Waals surface area contributed by atoms with Crippen LogP contribution in [0.15, 0.2) is 12.3 Å². The molecule has 0 amide bonds. The summed E-state index contributed by atoms with van der Waals surface area (Å²) in [6.07, 6.45) is 2.72. The van der Waals surface area contributed by atoms with Crippen molar-refractivity contribution in [3.05, 3.63) is 23.8 Å². The smallest absolute Gasteiger partial charge is 0.227 e. The second kappa shape index (κ2) is 6.48. The highest BCUT2D eigenvalue weighted by Gasteiger charge is 2.23. The molecule has 1 N–H and O–H groups in total. The summed E-state index contributed by atoms with van der Waals surface area (Å²) in [5.74, 6) is 2.47. The molecule has 120 valence electrons. The highest BCUT2D eigenvalue weighted by Crippen LogP contribution is 2.20. The summed E-state index contributed by atoms with van der Waals surface area (Å²) >= 11 is 0. The van der Waals surface area contributed by atoms with E-state index in [-0.39, 0.29) is 6.10 Å². The van der Waals surface area contributed by atoms with Crippen LogP contribution in [0.4, 0.5) is 5.95 Å². The third-order valence-electron chi connectivity index (χ3n) is 3.79. The first-order valence-electron chi connectivity index (χ1n) is 7.90. The van der Waals surface area contributed by atoms with Crippen LogP contribution in [0, 0.1) is 5.92 Å². The maximum Gasteiger partial charge on any atom is 0.227 e. The molecule has 3 rings (SSSR count). The molecule has 7 nitrogen and oxygen atoms in total. The molecule has 1 aliphatic heterocycles. The molecule has 0 radical (unpaired) electrons. The first-order valence-corrected chi connectivity index (χ1v) is 7.90. The Labute approximate surface area is 130 Å². The first-order chi connectivity index (χ1) is 10.6. The Morgan fingerprint density at radius 2 is 2.27 bits per heavy atom. The lowest BCUT2D eigenvalue weighted by Gasteiger charge is -2.32. The van der Waals surface area contributed by atoms with Crippen LogP contribution in [0.3, 0.4) is 0 Å². The van der Waals surface area contributed by atoms with Crippen LogP contribution in [0.5, 0.6) is 0 Å². The highest BCUT2D eigenvalue weighted by molar-refractivity contribution is 5.33. The minimum atomic E-state index is 0.231. The van der Waals surface area contributed by atoms with E-state index in [0.29, 0.717) is 5.92 Å². The molecule has 0 bridgehead atoms. The minimum Gasteiger partial charge on any atom is -0.375 e. The number of ether oxygens (including phenoxy) is 1. The Morgan fingerprint density at radius 3 is 2.95 bits per heavy atom. The Hall–Kier alpha value is -1.89. The number of hydrogen-bond donors (Lipinski definition) is 1. The third-order valence-corrected chi connectivity index (χ3v) is 3.79. The average Bonchev–Trinajstić information content (AvgIpc) is 3.10. The van der Waals surface area contributed by atoms with E-state index in [2.05, 4.69) is 50.6 Å². The van der Waals surface area contributed by atoms with Crippen molar-refractivity contribution in [2.75, 3.05) is 24.6 Å². The number of nitrogens with one attached hydrogen (secondary N) is 1. The van der Waals surface area contributed by atoms with Crippen molar-refractivity contribution in [1.29, 1.82) is 0 Å². The van der Waals surface area contributed by atoms with E-state index in [4.69, 9.17) is 4.74 Å². The zero-order chi connectivity index (χ0) is 15.5. The van der Waals surface area contributed by atoms with E-state index in [9.17, 15) is 0 Å². The van der Waals surface area contributed by atoms with Crippen LogP contribution in [0.25, 0.3) is 0 Å². The number of aromatic amines is 1. The molecule has 1 saturated heterocycles. The summed E-state index contributed by atoms with van der Waals surface area (Å²) in [6.45, 7) is 9.91. The SMILES string of the molecule is CC(C)Cn1c(Cc2ccn[nH]2)nnc1N1CCOC(C)C1. The molecule has 2 aromatic rings. The van der Waals surface area contributed by atoms with Gasteiger partial charge in [-0.05, 0) is 18.9 Å². The standard InChI is InChI=1S/C15H24N6O/c1-11(2)9-21-14(8-13-4-5-16-17-13)18-19-15(21)20-6-7-22-12(3)10-20/h4-5,11-12H,6-10H2,1-3H3,(H,16,17). The predicted molar refractivity (Wildman–Crippen MR) is 83.9 cm³/mol. The molecule has 3 heterocycles. The second-order valence-electron chi connectivity index (χ2n) is 6.31. The Morgan fingerprint density at radius 1 is 1.41 bits per heavy atom. The van der Waals surface area contributed by atoms with Crippen LogP contribution in [0.2, 0.25) is 0 Å². The zero-order valence-corrected chi connectivity index (χ0v) is 13.5. The summed E-state index contributed by atoms with van der Waals surface area (Å²) in [6, 6.07) is 1.98. The summed E-state index contributed by atoms with van der Waals surface area (Å²) < 4.78 is 7.87. The van der Waals surface area contributed by atoms with Crippen molar-refractivity contribution in [1.82, 2.24) is 25.0 Å². The average molecular weight is 304 g/mol. The quantitative estimate of drug-likeness (QED) is 0.906. The van der Waals surface area contributed by atoms with Gasteiger partial charge < -0.3 is 9.64 Å². The van der Waals surface area contributed by atoms with E-state index in [0.717, 1.165) is 50.1 Å². The third kappa shape index (κ3) is 3.30. The van der Waals surface area contributed by atoms with Gasteiger partial charge in [-0.15, -0.1) is 10.2 Å². The van der Waals surface area contributed by atoms with Gasteiger partial charge in [-0.25, -0.2) is 0 Å². The molecule has 0 aliphatic carbocycles. The molecule has 0 saturated carbocycles. The Balaban J connectivity index is 1.87. The molecule has 1 unspecified atom stereocenters. The van der Waals surface area contributed by atoms with Crippen LogP contribution in [0.1, 0.15) is 32.3 Å². The summed E-state index contributed by atoms with van der Waals surface area (Å²) in [7, 11) is 0. The molecular weight excluding hydrogens is 280 g/mol. The van der Waals surface area contributed by atoms with E-state index in [1.54, 1.807) is 6.20 Å². The van der Waals surface area contributed by atoms with Gasteiger partial charge in [0.05, 0.1) is 12.7 Å². The van der Waals surface area contributed by atoms with E-state index in [1.165, 1.54) is 0 Å². The van der Waals surface area contributed by atoms with E-state index in [1.807, 2.05) is 6.07 Å². The Bertz CT molecular complexity index is 591. The van der Waals surface area contributed by atoms with Crippen molar-refractivity contribution in [2.45, 2.75) is 39.8 Å². The van der Waals surface area contributed by atoms with E-state index < -0.39 is 0 Å². The minimum absolute atomic E-state index is 0.231. The highest BCUT2D eigenvalue weighted by atomic mass is 16.5. The van der Waals surface area contributed by atoms with Gasteiger partial charge in [0.2, 0.25) is 5.95 Å². The van der Waals surface area contributed by atoms with E-state index >= 15 is 0 Å². The van der Waals surface area contributed by atoms with Gasteiger partial charge in [0.15, 0.2) is 0 Å². The number of morpholine rings is 1. The number of nitrogens with zero attached hydrogens (tertiary/aromatic N) is 5. The van der Waals surface area contributed by atoms with Crippen molar-refractivity contribution < 1.29 is 4.74 Å². The molecule has 1 aliphatic rings. The number of aromatic nitrogens is 5. The van der Waals surface area contributed by atoms with Crippen LogP contribution >= 0.6 is 0 Å². The number of anilines is 1. The van der Waals surface area contributed by atoms with Gasteiger partial charge in [-0.3, -0.25) is 9.67 Å². The summed E-state index contributed by atoms with van der Waals surface area (Å²) in [5, 5.41) is 15.9. The van der Waals surface area contributed by atoms with Crippen molar-refractivity contribution in [2.24, 2.45) is 5.92 Å². The number of rotatable bonds is 5. The molecule has 0 spiro atoms. The molecule has 22 heavy (non-hydrogen) atoms. The lowest BCUT2D eigenvalue weighted by Crippen LogP contribution is -2.42. The van der Waals surface area contributed by atoms with Gasteiger partial charge >= 0.3 is 0 Å². The van der Waals surface area contributed by atoms with Gasteiger partial charge in [0.25, 0.3) is 0 Å². The summed E-state index contributed by atoms with van der Waals surface area (Å²) in [4.78, 5) is 2.28. The number of H-pyrrole nitrogens is 1. The fourth-order valence-electron chi connectivity index (χ4n) is 2.80. The molecule has 1 atom stereocenters. The molecule has 1 fully saturated rings. The normalized spacial score (nSPS) is 19.1. The maximum absolute atomic E-state index is 5.63. The van der Waals surface area contributed by atoms with Crippen molar-refractivity contribution >= 4 is 5.95 Å². The number of hydrogen-bond acceptors (Lipinski definition) is 5. The fraction of sp³-hybridized carbons (Fsp3) is 0.667. The van der Waals surface area contributed by atoms with Gasteiger partial charge in [-0.2, -0.15) is 5.10 Å². The van der Waals surface area contributed by atoms with Crippen molar-refractivity contribution in [3.8, 4) is 0 Å². The molecule has 2 aromatic heterocycles. The van der Waals surface area contributed by atoms with Crippen LogP contribution in [-0.2, 0) is 17.7 Å². The van der Waals surface area contributed by atoms with Crippen LogP contribution < -0.4 is 4.90 Å². The maximum atomic E-state index is 5.63. The monoisotopic (exact) mass is 304 g/mol. The second-order valence-corrected chi connectivity index (χ2v) is 6.31. The summed E-state index contributed by atoms with van der Waals surface area (Å²) in [5.41, 5.74) is 1.05. The van der Waals surface area contributed by atoms with Crippen LogP contribution in [-0.4, -0.2) is 50.8 Å². The molecule has 7 heteroatoms. The first kappa shape index (κ1) is 15.0. The molecular formula is C15H24N6O. The largest absolute Gasteiger partial charge is 0.375 e. The van der Waals surface area contributed by atoms with Gasteiger partial charge in [0.1, 0.15) is 5.82 Å². The van der Waals surface area contributed by atoms with Gasteiger partial charge in [-0.1, -0.05) is 13.8 Å².